The Morgan fingerprint density at radius 3 is 2.75 bits per heavy atom. The summed E-state index contributed by atoms with van der Waals surface area (Å²) in [6, 6.07) is 0. The zero-order valence-electron chi connectivity index (χ0n) is 5.23. The van der Waals surface area contributed by atoms with E-state index in [9.17, 15) is 0 Å². The summed E-state index contributed by atoms with van der Waals surface area (Å²) in [7, 11) is 1.67. The average Bonchev–Trinajstić information content (AvgIpc) is 1.83. The van der Waals surface area contributed by atoms with Crippen molar-refractivity contribution in [2.75, 3.05) is 13.0 Å². The molecule has 1 unspecified atom stereocenters. The third kappa shape index (κ3) is 4.16. The Kier molecular flexibility index (Phi) is 5.13. The van der Waals surface area contributed by atoms with Crippen LogP contribution >= 0.6 is 11.6 Å². The van der Waals surface area contributed by atoms with Gasteiger partial charge in [0.25, 0.3) is 0 Å². The molecular weight excluding hydrogens is 124 g/mol. The molecule has 0 rings (SSSR count). The van der Waals surface area contributed by atoms with Gasteiger partial charge in [0, 0.05) is 13.0 Å². The second-order valence-electron chi connectivity index (χ2n) is 1.52. The van der Waals surface area contributed by atoms with E-state index in [1.807, 2.05) is 19.1 Å². The summed E-state index contributed by atoms with van der Waals surface area (Å²) in [6.45, 7) is 1.96. The van der Waals surface area contributed by atoms with E-state index in [2.05, 4.69) is 0 Å². The van der Waals surface area contributed by atoms with E-state index < -0.39 is 0 Å². The van der Waals surface area contributed by atoms with E-state index in [1.165, 1.54) is 0 Å². The van der Waals surface area contributed by atoms with Crippen LogP contribution in [-0.2, 0) is 4.74 Å². The van der Waals surface area contributed by atoms with Crippen LogP contribution in [0.5, 0.6) is 0 Å². The van der Waals surface area contributed by atoms with Crippen LogP contribution in [0.15, 0.2) is 12.2 Å². The molecule has 0 fully saturated rings. The van der Waals surface area contributed by atoms with Gasteiger partial charge in [-0.2, -0.15) is 0 Å². The first-order valence-corrected chi connectivity index (χ1v) is 3.10. The molecule has 0 aromatic heterocycles. The van der Waals surface area contributed by atoms with E-state index in [4.69, 9.17) is 16.3 Å². The fourth-order valence-electron chi connectivity index (χ4n) is 0.322. The maximum Gasteiger partial charge on any atom is 0.0724 e. The minimum Gasteiger partial charge on any atom is -0.378 e. The van der Waals surface area contributed by atoms with Gasteiger partial charge in [-0.25, -0.2) is 0 Å². The highest BCUT2D eigenvalue weighted by molar-refractivity contribution is 6.18. The van der Waals surface area contributed by atoms with Crippen molar-refractivity contribution in [1.29, 1.82) is 0 Å². The minimum atomic E-state index is 0.189. The van der Waals surface area contributed by atoms with Gasteiger partial charge in [0.2, 0.25) is 0 Å². The topological polar surface area (TPSA) is 9.23 Å². The Hall–Kier alpha value is -0.0100. The molecule has 0 saturated carbocycles. The summed E-state index contributed by atoms with van der Waals surface area (Å²) in [6.07, 6.45) is 3.98. The van der Waals surface area contributed by atoms with Crippen LogP contribution in [-0.4, -0.2) is 19.1 Å². The first kappa shape index (κ1) is 7.99. The van der Waals surface area contributed by atoms with Gasteiger partial charge in [0.1, 0.15) is 0 Å². The molecule has 0 bridgehead atoms. The monoisotopic (exact) mass is 134 g/mol. The van der Waals surface area contributed by atoms with Crippen molar-refractivity contribution in [1.82, 2.24) is 0 Å². The van der Waals surface area contributed by atoms with Gasteiger partial charge in [0.05, 0.1) is 6.10 Å². The van der Waals surface area contributed by atoms with E-state index >= 15 is 0 Å². The normalized spacial score (nSPS) is 14.9. The Morgan fingerprint density at radius 1 is 1.75 bits per heavy atom. The lowest BCUT2D eigenvalue weighted by atomic mass is 10.4. The molecule has 8 heavy (non-hydrogen) atoms. The molecule has 1 atom stereocenters. The molecule has 0 aliphatic rings. The van der Waals surface area contributed by atoms with Crippen LogP contribution in [0.3, 0.4) is 0 Å². The third-order valence-corrected chi connectivity index (χ3v) is 1.05. The number of hydrogen-bond acceptors (Lipinski definition) is 1. The van der Waals surface area contributed by atoms with Gasteiger partial charge in [-0.3, -0.25) is 0 Å². The number of rotatable bonds is 3. The maximum atomic E-state index is 5.36. The molecule has 0 saturated heterocycles. The Labute approximate surface area is 55.3 Å². The molecule has 0 amide bonds. The molecule has 1 nitrogen and oxygen atoms in total. The van der Waals surface area contributed by atoms with Gasteiger partial charge < -0.3 is 4.74 Å². The first-order valence-electron chi connectivity index (χ1n) is 2.56. The molecule has 0 heterocycles. The van der Waals surface area contributed by atoms with Gasteiger partial charge >= 0.3 is 0 Å². The Bertz CT molecular complexity index is 70.9. The van der Waals surface area contributed by atoms with Crippen LogP contribution in [0.1, 0.15) is 6.92 Å². The van der Waals surface area contributed by atoms with E-state index in [0.29, 0.717) is 5.88 Å². The van der Waals surface area contributed by atoms with Crippen LogP contribution in [0.2, 0.25) is 0 Å². The van der Waals surface area contributed by atoms with Gasteiger partial charge in [-0.05, 0) is 6.92 Å². The maximum absolute atomic E-state index is 5.36. The molecule has 2 heteroatoms. The molecular formula is C6H11ClO. The van der Waals surface area contributed by atoms with Crippen molar-refractivity contribution in [2.24, 2.45) is 0 Å². The summed E-state index contributed by atoms with van der Waals surface area (Å²) < 4.78 is 4.91. The zero-order chi connectivity index (χ0) is 6.41. The van der Waals surface area contributed by atoms with Gasteiger partial charge in [0.15, 0.2) is 0 Å². The standard InChI is InChI=1S/C6H11ClO/c1-6(8-2)4-3-5-7/h3-4,6H,5H2,1-2H3/b4-3+. The SMILES string of the molecule is COC(C)/C=C/CCl. The van der Waals surface area contributed by atoms with Crippen molar-refractivity contribution < 1.29 is 4.74 Å². The number of halogens is 1. The molecule has 0 N–H and O–H groups in total. The van der Waals surface area contributed by atoms with Crippen LogP contribution in [0, 0.1) is 0 Å². The predicted molar refractivity (Wildman–Crippen MR) is 36.3 cm³/mol. The van der Waals surface area contributed by atoms with E-state index in [-0.39, 0.29) is 6.10 Å². The van der Waals surface area contributed by atoms with Crippen LogP contribution in [0.4, 0.5) is 0 Å². The van der Waals surface area contributed by atoms with Crippen molar-refractivity contribution in [2.45, 2.75) is 13.0 Å². The first-order chi connectivity index (χ1) is 3.81. The summed E-state index contributed by atoms with van der Waals surface area (Å²) in [5, 5.41) is 0. The van der Waals surface area contributed by atoms with Crippen molar-refractivity contribution in [3.8, 4) is 0 Å². The highest BCUT2D eigenvalue weighted by atomic mass is 35.5. The van der Waals surface area contributed by atoms with Crippen LogP contribution in [0.25, 0.3) is 0 Å². The quantitative estimate of drug-likeness (QED) is 0.423. The highest BCUT2D eigenvalue weighted by Crippen LogP contribution is 1.89. The number of allylic oxidation sites excluding steroid dienone is 1. The number of methoxy groups -OCH3 is 1. The lowest BCUT2D eigenvalue weighted by Gasteiger charge is -1.99. The predicted octanol–water partition coefficient (Wildman–Crippen LogP) is 1.82. The van der Waals surface area contributed by atoms with Crippen molar-refractivity contribution in [3.05, 3.63) is 12.2 Å². The molecule has 0 aromatic carbocycles. The van der Waals surface area contributed by atoms with Crippen LogP contribution < -0.4 is 0 Å². The third-order valence-electron chi connectivity index (χ3n) is 0.868. The highest BCUT2D eigenvalue weighted by Gasteiger charge is 1.86. The van der Waals surface area contributed by atoms with E-state index in [1.54, 1.807) is 7.11 Å². The Morgan fingerprint density at radius 2 is 2.38 bits per heavy atom. The molecule has 0 aliphatic heterocycles. The summed E-state index contributed by atoms with van der Waals surface area (Å²) >= 11 is 5.36. The lowest BCUT2D eigenvalue weighted by Crippen LogP contribution is -1.98. The lowest BCUT2D eigenvalue weighted by molar-refractivity contribution is 0.156. The van der Waals surface area contributed by atoms with Crippen molar-refractivity contribution >= 4 is 11.6 Å². The average molecular weight is 135 g/mol. The van der Waals surface area contributed by atoms with Gasteiger partial charge in [-0.1, -0.05) is 12.2 Å². The zero-order valence-corrected chi connectivity index (χ0v) is 5.98. The fraction of sp³-hybridized carbons (Fsp3) is 0.667. The summed E-state index contributed by atoms with van der Waals surface area (Å²) in [5.74, 6) is 0.563. The second-order valence-corrected chi connectivity index (χ2v) is 1.83. The summed E-state index contributed by atoms with van der Waals surface area (Å²) in [4.78, 5) is 0. The Balaban J connectivity index is 3.21. The number of ether oxygens (including phenoxy) is 1. The molecule has 0 radical (unpaired) electrons. The van der Waals surface area contributed by atoms with Crippen molar-refractivity contribution in [3.63, 3.8) is 0 Å². The number of hydrogen-bond donors (Lipinski definition) is 0. The second kappa shape index (κ2) is 5.13. The number of alkyl halides is 1. The minimum absolute atomic E-state index is 0.189. The smallest absolute Gasteiger partial charge is 0.0724 e. The molecule has 0 aromatic rings. The van der Waals surface area contributed by atoms with E-state index in [0.717, 1.165) is 0 Å². The largest absolute Gasteiger partial charge is 0.378 e. The molecule has 48 valence electrons. The summed E-state index contributed by atoms with van der Waals surface area (Å²) in [5.41, 5.74) is 0. The fourth-order valence-corrected chi connectivity index (χ4v) is 0.425. The molecule has 0 spiro atoms. The van der Waals surface area contributed by atoms with Gasteiger partial charge in [-0.15, -0.1) is 11.6 Å². The molecule has 0 aliphatic carbocycles.